The molecule has 2 atom stereocenters. The van der Waals surface area contributed by atoms with Crippen LogP contribution in [0.25, 0.3) is 0 Å². The molecule has 9 heteroatoms. The van der Waals surface area contributed by atoms with Crippen molar-refractivity contribution in [3.63, 3.8) is 0 Å². The topological polar surface area (TPSA) is 102 Å². The first-order valence-electron chi connectivity index (χ1n) is 2.00. The molecule has 0 spiro atoms. The maximum atomic E-state index is 10.0. The van der Waals surface area contributed by atoms with Gasteiger partial charge in [-0.25, -0.2) is 5.26 Å². The van der Waals surface area contributed by atoms with Gasteiger partial charge in [-0.05, 0) is 0 Å². The van der Waals surface area contributed by atoms with E-state index in [1.54, 1.807) is 0 Å². The summed E-state index contributed by atoms with van der Waals surface area (Å²) in [4.78, 5) is 7.99. The van der Waals surface area contributed by atoms with Crippen molar-refractivity contribution in [1.29, 1.82) is 0 Å². The van der Waals surface area contributed by atoms with Crippen LogP contribution in [0.1, 0.15) is 0 Å². The van der Waals surface area contributed by atoms with E-state index in [9.17, 15) is 9.13 Å². The molecule has 0 saturated carbocycles. The highest BCUT2D eigenvalue weighted by Gasteiger charge is 1.97. The highest BCUT2D eigenvalue weighted by molar-refractivity contribution is 7.33. The molecule has 0 heterocycles. The molecule has 0 aromatic heterocycles. The summed E-state index contributed by atoms with van der Waals surface area (Å²) in [7, 11) is -6.05. The molecular formula is CH6O7P2. The minimum absolute atomic E-state index is 0.646. The monoisotopic (exact) mass is 192 g/mol. The van der Waals surface area contributed by atoms with Crippen molar-refractivity contribution >= 4 is 16.5 Å². The zero-order valence-corrected chi connectivity index (χ0v) is 6.64. The molecule has 7 nitrogen and oxygen atoms in total. The van der Waals surface area contributed by atoms with Crippen LogP contribution >= 0.6 is 16.5 Å². The van der Waals surface area contributed by atoms with Crippen LogP contribution in [0.15, 0.2) is 0 Å². The lowest BCUT2D eigenvalue weighted by molar-refractivity contribution is -0.145. The van der Waals surface area contributed by atoms with Gasteiger partial charge in [-0.3, -0.25) is 18.2 Å². The Balaban J connectivity index is 3.20. The first kappa shape index (κ1) is 10.3. The molecule has 10 heavy (non-hydrogen) atoms. The van der Waals surface area contributed by atoms with Gasteiger partial charge in [0.15, 0.2) is 6.79 Å². The quantitative estimate of drug-likeness (QED) is 0.278. The van der Waals surface area contributed by atoms with Gasteiger partial charge in [0, 0.05) is 0 Å². The van der Waals surface area contributed by atoms with Crippen LogP contribution in [-0.4, -0.2) is 16.9 Å². The summed E-state index contributed by atoms with van der Waals surface area (Å²) in [6.07, 6.45) is 0. The Morgan fingerprint density at radius 2 is 1.90 bits per heavy atom. The van der Waals surface area contributed by atoms with Gasteiger partial charge in [-0.2, -0.15) is 4.67 Å². The Bertz CT molecular complexity index is 132. The van der Waals surface area contributed by atoms with Crippen molar-refractivity contribution < 1.29 is 33.0 Å². The van der Waals surface area contributed by atoms with Crippen LogP contribution in [-0.2, 0) is 22.9 Å². The van der Waals surface area contributed by atoms with Crippen LogP contribution in [0.2, 0.25) is 0 Å². The molecule has 0 aromatic carbocycles. The number of hydrogen-bond donors (Lipinski definition) is 2. The number of hydrogen-bond acceptors (Lipinski definition) is 6. The smallest absolute Gasteiger partial charge is 0.326 e. The van der Waals surface area contributed by atoms with Crippen LogP contribution in [0.3, 0.4) is 0 Å². The third-order valence-corrected chi connectivity index (χ3v) is 1.30. The molecule has 62 valence electrons. The molecule has 0 aliphatic rings. The summed E-state index contributed by atoms with van der Waals surface area (Å²) in [6.45, 7) is -0.646. The summed E-state index contributed by atoms with van der Waals surface area (Å²) >= 11 is 0. The molecule has 2 unspecified atom stereocenters. The fourth-order valence-corrected chi connectivity index (χ4v) is 0.640. The van der Waals surface area contributed by atoms with Gasteiger partial charge >= 0.3 is 16.5 Å². The van der Waals surface area contributed by atoms with E-state index in [4.69, 9.17) is 10.2 Å². The Morgan fingerprint density at radius 3 is 2.30 bits per heavy atom. The maximum Gasteiger partial charge on any atom is 0.348 e. The lowest BCUT2D eigenvalue weighted by Gasteiger charge is -1.98. The summed E-state index contributed by atoms with van der Waals surface area (Å²) in [5, 5.41) is 7.62. The zero-order chi connectivity index (χ0) is 7.98. The normalized spacial score (nSPS) is 16.6. The van der Waals surface area contributed by atoms with Crippen molar-refractivity contribution in [2.75, 3.05) is 6.79 Å². The van der Waals surface area contributed by atoms with Gasteiger partial charge in [-0.15, -0.1) is 0 Å². The predicted octanol–water partition coefficient (Wildman–Crippen LogP) is 0.238. The van der Waals surface area contributed by atoms with E-state index in [0.717, 1.165) is 0 Å². The van der Waals surface area contributed by atoms with E-state index in [0.29, 0.717) is 0 Å². The summed E-state index contributed by atoms with van der Waals surface area (Å²) in [5.41, 5.74) is 0. The molecule has 0 rings (SSSR count). The molecule has 0 amide bonds. The molecule has 0 aromatic rings. The molecule has 2 N–H and O–H groups in total. The SMILES string of the molecule is O=[PH](O)OCO[PH](=O)OO. The highest BCUT2D eigenvalue weighted by Crippen LogP contribution is 2.23. The fourth-order valence-electron chi connectivity index (χ4n) is 0.154. The van der Waals surface area contributed by atoms with Crippen molar-refractivity contribution in [3.8, 4) is 0 Å². The zero-order valence-electron chi connectivity index (χ0n) is 4.64. The second kappa shape index (κ2) is 6.00. The van der Waals surface area contributed by atoms with E-state index < -0.39 is 23.3 Å². The summed E-state index contributed by atoms with van der Waals surface area (Å²) in [6, 6.07) is 0. The first-order chi connectivity index (χ1) is 4.66. The maximum absolute atomic E-state index is 10.0. The van der Waals surface area contributed by atoms with Crippen molar-refractivity contribution in [3.05, 3.63) is 0 Å². The van der Waals surface area contributed by atoms with E-state index in [-0.39, 0.29) is 0 Å². The van der Waals surface area contributed by atoms with Crippen molar-refractivity contribution in [2.24, 2.45) is 0 Å². The molecular weight excluding hydrogens is 186 g/mol. The summed E-state index contributed by atoms with van der Waals surface area (Å²) < 4.78 is 30.9. The van der Waals surface area contributed by atoms with Crippen LogP contribution in [0.5, 0.6) is 0 Å². The predicted molar refractivity (Wildman–Crippen MR) is 31.0 cm³/mol. The van der Waals surface area contributed by atoms with Crippen LogP contribution in [0.4, 0.5) is 0 Å². The molecule has 0 aliphatic carbocycles. The Kier molecular flexibility index (Phi) is 6.16. The lowest BCUT2D eigenvalue weighted by atomic mass is 11.6. The van der Waals surface area contributed by atoms with Gasteiger partial charge in [-0.1, -0.05) is 0 Å². The van der Waals surface area contributed by atoms with E-state index in [1.165, 1.54) is 0 Å². The van der Waals surface area contributed by atoms with E-state index >= 15 is 0 Å². The van der Waals surface area contributed by atoms with Crippen LogP contribution in [0, 0.1) is 0 Å². The first-order valence-corrected chi connectivity index (χ1v) is 4.49. The van der Waals surface area contributed by atoms with Gasteiger partial charge in [0.05, 0.1) is 0 Å². The van der Waals surface area contributed by atoms with Crippen LogP contribution < -0.4 is 0 Å². The Labute approximate surface area is 57.4 Å². The van der Waals surface area contributed by atoms with Crippen molar-refractivity contribution in [2.45, 2.75) is 0 Å². The van der Waals surface area contributed by atoms with Gasteiger partial charge in [0.2, 0.25) is 0 Å². The van der Waals surface area contributed by atoms with Gasteiger partial charge in [0.25, 0.3) is 0 Å². The highest BCUT2D eigenvalue weighted by atomic mass is 31.1. The average Bonchev–Trinajstić information content (AvgIpc) is 1.87. The van der Waals surface area contributed by atoms with E-state index in [2.05, 4.69) is 13.7 Å². The van der Waals surface area contributed by atoms with Gasteiger partial charge < -0.3 is 4.89 Å². The van der Waals surface area contributed by atoms with Crippen molar-refractivity contribution in [1.82, 2.24) is 0 Å². The standard InChI is InChI=1S/CH6O7P2/c2-8-10(5)7-1-6-9(3)4/h2,9-10H,1H2,(H,3,4). The minimum Gasteiger partial charge on any atom is -0.326 e. The summed E-state index contributed by atoms with van der Waals surface area (Å²) in [5.74, 6) is 0. The fraction of sp³-hybridized carbons (Fsp3) is 1.00. The Hall–Kier alpha value is 0.260. The Morgan fingerprint density at radius 1 is 1.30 bits per heavy atom. The second-order valence-electron chi connectivity index (χ2n) is 1.01. The number of rotatable bonds is 5. The second-order valence-corrected chi connectivity index (χ2v) is 2.81. The minimum atomic E-state index is -3.07. The van der Waals surface area contributed by atoms with E-state index in [1.807, 2.05) is 0 Å². The molecule has 0 saturated heterocycles. The van der Waals surface area contributed by atoms with Gasteiger partial charge in [0.1, 0.15) is 0 Å². The third kappa shape index (κ3) is 6.38. The lowest BCUT2D eigenvalue weighted by Crippen LogP contribution is -1.86. The molecule has 0 fully saturated rings. The largest absolute Gasteiger partial charge is 0.348 e. The molecule has 0 aliphatic heterocycles. The molecule has 0 bridgehead atoms. The molecule has 0 radical (unpaired) electrons. The third-order valence-electron chi connectivity index (χ3n) is 0.434. The average molecular weight is 192 g/mol.